The number of benzene rings is 2. The van der Waals surface area contributed by atoms with E-state index in [1.165, 1.54) is 4.90 Å². The van der Waals surface area contributed by atoms with E-state index in [0.29, 0.717) is 13.0 Å². The summed E-state index contributed by atoms with van der Waals surface area (Å²) < 4.78 is 10.7. The van der Waals surface area contributed by atoms with E-state index in [4.69, 9.17) is 9.47 Å². The molecule has 2 aromatic rings. The number of nitrogens with zero attached hydrogens (tertiary/aromatic N) is 1. The summed E-state index contributed by atoms with van der Waals surface area (Å²) >= 11 is 0. The first-order valence-electron chi connectivity index (χ1n) is 9.78. The molecule has 1 N–H and O–H groups in total. The Morgan fingerprint density at radius 2 is 1.50 bits per heavy atom. The number of amides is 2. The van der Waals surface area contributed by atoms with Gasteiger partial charge in [-0.05, 0) is 17.5 Å². The van der Waals surface area contributed by atoms with Crippen LogP contribution in [0.15, 0.2) is 86.0 Å². The fourth-order valence-corrected chi connectivity index (χ4v) is 2.65. The van der Waals surface area contributed by atoms with Gasteiger partial charge in [-0.25, -0.2) is 9.59 Å². The molecule has 0 fully saturated rings. The lowest BCUT2D eigenvalue weighted by Crippen LogP contribution is -2.45. The first kappa shape index (κ1) is 22.7. The van der Waals surface area contributed by atoms with Crippen LogP contribution in [-0.2, 0) is 22.7 Å². The van der Waals surface area contributed by atoms with Crippen LogP contribution in [0.1, 0.15) is 17.5 Å². The fraction of sp³-hybridized carbons (Fsp3) is 0.250. The van der Waals surface area contributed by atoms with E-state index < -0.39 is 18.2 Å². The summed E-state index contributed by atoms with van der Waals surface area (Å²) in [7, 11) is 0. The zero-order valence-corrected chi connectivity index (χ0v) is 17.0. The highest BCUT2D eigenvalue weighted by molar-refractivity contribution is 5.69. The molecule has 6 heteroatoms. The van der Waals surface area contributed by atoms with Gasteiger partial charge in [0.2, 0.25) is 0 Å². The van der Waals surface area contributed by atoms with Gasteiger partial charge in [0, 0.05) is 13.1 Å². The summed E-state index contributed by atoms with van der Waals surface area (Å²) in [6, 6.07) is 18.4. The molecule has 30 heavy (non-hydrogen) atoms. The van der Waals surface area contributed by atoms with Gasteiger partial charge in [-0.3, -0.25) is 0 Å². The van der Waals surface area contributed by atoms with E-state index in [9.17, 15) is 9.59 Å². The van der Waals surface area contributed by atoms with Crippen molar-refractivity contribution in [3.05, 3.63) is 97.1 Å². The van der Waals surface area contributed by atoms with Gasteiger partial charge < -0.3 is 19.7 Å². The summed E-state index contributed by atoms with van der Waals surface area (Å²) in [5.74, 6) is 0. The molecule has 0 saturated carbocycles. The van der Waals surface area contributed by atoms with Crippen molar-refractivity contribution in [2.75, 3.05) is 13.1 Å². The normalized spacial score (nSPS) is 11.1. The zero-order valence-electron chi connectivity index (χ0n) is 17.0. The third-order valence-electron chi connectivity index (χ3n) is 4.28. The molecule has 0 unspecified atom stereocenters. The van der Waals surface area contributed by atoms with Crippen LogP contribution in [-0.4, -0.2) is 36.2 Å². The molecule has 0 heterocycles. The van der Waals surface area contributed by atoms with Crippen molar-refractivity contribution >= 4 is 12.2 Å². The highest BCUT2D eigenvalue weighted by Crippen LogP contribution is 2.06. The molecule has 0 radical (unpaired) electrons. The first-order chi connectivity index (χ1) is 14.6. The number of ether oxygens (including phenoxy) is 2. The maximum Gasteiger partial charge on any atom is 0.410 e. The summed E-state index contributed by atoms with van der Waals surface area (Å²) in [6.45, 7) is 8.42. The minimum Gasteiger partial charge on any atom is -0.445 e. The molecule has 1 atom stereocenters. The van der Waals surface area contributed by atoms with Crippen LogP contribution in [0, 0.1) is 0 Å². The third kappa shape index (κ3) is 8.22. The van der Waals surface area contributed by atoms with E-state index in [-0.39, 0.29) is 19.8 Å². The van der Waals surface area contributed by atoms with E-state index in [1.54, 1.807) is 12.2 Å². The summed E-state index contributed by atoms with van der Waals surface area (Å²) in [5.41, 5.74) is 1.79. The zero-order chi connectivity index (χ0) is 21.6. The molecule has 2 rings (SSSR count). The molecule has 0 saturated heterocycles. The Bertz CT molecular complexity index is 808. The largest absolute Gasteiger partial charge is 0.445 e. The molecule has 2 aromatic carbocycles. The van der Waals surface area contributed by atoms with E-state index in [2.05, 4.69) is 18.5 Å². The second-order valence-electron chi connectivity index (χ2n) is 6.61. The Labute approximate surface area is 177 Å². The van der Waals surface area contributed by atoms with Gasteiger partial charge in [0.05, 0.1) is 6.04 Å². The van der Waals surface area contributed by atoms with Gasteiger partial charge in [-0.2, -0.15) is 0 Å². The minimum absolute atomic E-state index is 0.163. The number of carbonyl (C=O) groups excluding carboxylic acids is 2. The standard InChI is InChI=1S/C24H28N2O4/c1-3-5-16-26(24(28)30-19-21-14-10-7-11-15-21)17-22(4-2)25-23(27)29-18-20-12-8-6-9-13-20/h3-4,6-15,22H,1-2,5,16-19H2,(H,25,27)/t22-/m1/s1. The molecular formula is C24H28N2O4. The van der Waals surface area contributed by atoms with Crippen LogP contribution >= 0.6 is 0 Å². The topological polar surface area (TPSA) is 67.9 Å². The fourth-order valence-electron chi connectivity index (χ4n) is 2.65. The maximum absolute atomic E-state index is 12.6. The van der Waals surface area contributed by atoms with Crippen molar-refractivity contribution < 1.29 is 19.1 Å². The Kier molecular flexibility index (Phi) is 9.73. The van der Waals surface area contributed by atoms with E-state index in [0.717, 1.165) is 11.1 Å². The average molecular weight is 408 g/mol. The van der Waals surface area contributed by atoms with E-state index >= 15 is 0 Å². The summed E-state index contributed by atoms with van der Waals surface area (Å²) in [5, 5.41) is 2.72. The maximum atomic E-state index is 12.6. The Morgan fingerprint density at radius 3 is 2.03 bits per heavy atom. The van der Waals surface area contributed by atoms with Gasteiger partial charge in [0.1, 0.15) is 13.2 Å². The van der Waals surface area contributed by atoms with Crippen molar-refractivity contribution in [3.8, 4) is 0 Å². The molecular weight excluding hydrogens is 380 g/mol. The van der Waals surface area contributed by atoms with Crippen molar-refractivity contribution in [3.63, 3.8) is 0 Å². The molecule has 6 nitrogen and oxygen atoms in total. The predicted octanol–water partition coefficient (Wildman–Crippen LogP) is 4.68. The monoisotopic (exact) mass is 408 g/mol. The second-order valence-corrected chi connectivity index (χ2v) is 6.61. The minimum atomic E-state index is -0.579. The molecule has 0 bridgehead atoms. The number of rotatable bonds is 11. The molecule has 0 aliphatic rings. The number of alkyl carbamates (subject to hydrolysis) is 1. The highest BCUT2D eigenvalue weighted by atomic mass is 16.6. The van der Waals surface area contributed by atoms with E-state index in [1.807, 2.05) is 60.7 Å². The lowest BCUT2D eigenvalue weighted by Gasteiger charge is -2.25. The summed E-state index contributed by atoms with van der Waals surface area (Å²) in [6.07, 6.45) is 2.84. The Balaban J connectivity index is 1.87. The first-order valence-corrected chi connectivity index (χ1v) is 9.78. The van der Waals surface area contributed by atoms with Gasteiger partial charge >= 0.3 is 12.2 Å². The Morgan fingerprint density at radius 1 is 0.933 bits per heavy atom. The lowest BCUT2D eigenvalue weighted by atomic mass is 10.2. The second kappa shape index (κ2) is 12.8. The summed E-state index contributed by atoms with van der Waals surface area (Å²) in [4.78, 5) is 26.2. The number of hydrogen-bond acceptors (Lipinski definition) is 4. The van der Waals surface area contributed by atoms with Crippen LogP contribution in [0.25, 0.3) is 0 Å². The van der Waals surface area contributed by atoms with Crippen molar-refractivity contribution in [1.29, 1.82) is 0 Å². The molecule has 0 aromatic heterocycles. The number of hydrogen-bond donors (Lipinski definition) is 1. The smallest absolute Gasteiger partial charge is 0.410 e. The van der Waals surface area contributed by atoms with Crippen LogP contribution < -0.4 is 5.32 Å². The van der Waals surface area contributed by atoms with Crippen LogP contribution in [0.2, 0.25) is 0 Å². The molecule has 0 aliphatic heterocycles. The van der Waals surface area contributed by atoms with Crippen LogP contribution in [0.4, 0.5) is 9.59 Å². The Hall–Kier alpha value is -3.54. The van der Waals surface area contributed by atoms with Crippen LogP contribution in [0.5, 0.6) is 0 Å². The van der Waals surface area contributed by atoms with Crippen LogP contribution in [0.3, 0.4) is 0 Å². The van der Waals surface area contributed by atoms with Crippen molar-refractivity contribution in [1.82, 2.24) is 10.2 Å². The lowest BCUT2D eigenvalue weighted by molar-refractivity contribution is 0.0929. The molecule has 0 aliphatic carbocycles. The SMILES string of the molecule is C=CCCN(C[C@@H](C=C)NC(=O)OCc1ccccc1)C(=O)OCc1ccccc1. The number of carbonyl (C=O) groups is 2. The highest BCUT2D eigenvalue weighted by Gasteiger charge is 2.20. The predicted molar refractivity (Wildman–Crippen MR) is 117 cm³/mol. The van der Waals surface area contributed by atoms with Crippen molar-refractivity contribution in [2.24, 2.45) is 0 Å². The van der Waals surface area contributed by atoms with Crippen molar-refractivity contribution in [2.45, 2.75) is 25.7 Å². The average Bonchev–Trinajstić information content (AvgIpc) is 2.79. The van der Waals surface area contributed by atoms with Gasteiger partial charge in [0.25, 0.3) is 0 Å². The van der Waals surface area contributed by atoms with Gasteiger partial charge in [0.15, 0.2) is 0 Å². The molecule has 158 valence electrons. The van der Waals surface area contributed by atoms with Gasteiger partial charge in [-0.15, -0.1) is 13.2 Å². The molecule has 2 amide bonds. The molecule has 0 spiro atoms. The number of nitrogens with one attached hydrogen (secondary N) is 1. The van der Waals surface area contributed by atoms with Gasteiger partial charge in [-0.1, -0.05) is 72.8 Å². The third-order valence-corrected chi connectivity index (χ3v) is 4.28. The quantitative estimate of drug-likeness (QED) is 0.548.